The number of para-hydroxylation sites is 2. The fraction of sp³-hybridized carbons (Fsp3) is 0.105. The lowest BCUT2D eigenvalue weighted by molar-refractivity contribution is 0.881. The van der Waals surface area contributed by atoms with Crippen LogP contribution in [0.4, 0.5) is 0 Å². The van der Waals surface area contributed by atoms with Gasteiger partial charge in [-0.05, 0) is 108 Å². The van der Waals surface area contributed by atoms with E-state index >= 15 is 0 Å². The summed E-state index contributed by atoms with van der Waals surface area (Å²) >= 11 is 0. The summed E-state index contributed by atoms with van der Waals surface area (Å²) in [5.41, 5.74) is 13.9. The van der Waals surface area contributed by atoms with Crippen LogP contribution in [0.15, 0.2) is 109 Å². The fourth-order valence-electron chi connectivity index (χ4n) is 8.01. The first-order valence-electron chi connectivity index (χ1n) is 14.9. The third kappa shape index (κ3) is 2.81. The third-order valence-electron chi connectivity index (χ3n) is 9.58. The lowest BCUT2D eigenvalue weighted by atomic mass is 9.74. The molecule has 8 aromatic rings. The predicted octanol–water partition coefficient (Wildman–Crippen LogP) is 8.54. The minimum atomic E-state index is 0.979. The van der Waals surface area contributed by atoms with Crippen LogP contribution < -0.4 is 0 Å². The molecule has 0 bridgehead atoms. The smallest absolute Gasteiger partial charge is 0.137 e. The van der Waals surface area contributed by atoms with E-state index in [-0.39, 0.29) is 0 Å². The molecule has 0 fully saturated rings. The number of aryl methyl sites for hydroxylation is 4. The van der Waals surface area contributed by atoms with Gasteiger partial charge in [0.25, 0.3) is 0 Å². The molecule has 0 aliphatic heterocycles. The molecule has 10 rings (SSSR count). The van der Waals surface area contributed by atoms with Crippen molar-refractivity contribution in [3.8, 4) is 22.8 Å². The van der Waals surface area contributed by atoms with Crippen LogP contribution >= 0.6 is 0 Å². The zero-order valence-electron chi connectivity index (χ0n) is 23.0. The molecule has 4 heterocycles. The quantitative estimate of drug-likeness (QED) is 0.221. The van der Waals surface area contributed by atoms with E-state index in [1.165, 1.54) is 77.0 Å². The van der Waals surface area contributed by atoms with Crippen LogP contribution in [-0.2, 0) is 25.7 Å². The summed E-state index contributed by atoms with van der Waals surface area (Å²) < 4.78 is 4.81. The number of rotatable bonds is 2. The Labute approximate surface area is 242 Å². The van der Waals surface area contributed by atoms with Gasteiger partial charge in [0.1, 0.15) is 11.6 Å². The van der Waals surface area contributed by atoms with Crippen molar-refractivity contribution in [1.29, 1.82) is 0 Å². The summed E-state index contributed by atoms with van der Waals surface area (Å²) in [5.74, 6) is 1.96. The Morgan fingerprint density at radius 3 is 1.36 bits per heavy atom. The summed E-state index contributed by atoms with van der Waals surface area (Å²) in [6.45, 7) is 0. The van der Waals surface area contributed by atoms with Gasteiger partial charge in [-0.1, -0.05) is 48.5 Å². The number of benzene rings is 4. The van der Waals surface area contributed by atoms with Crippen LogP contribution in [-0.4, -0.2) is 19.1 Å². The van der Waals surface area contributed by atoms with Crippen molar-refractivity contribution in [3.05, 3.63) is 132 Å². The topological polar surface area (TPSA) is 35.6 Å². The summed E-state index contributed by atoms with van der Waals surface area (Å²) in [7, 11) is 0. The van der Waals surface area contributed by atoms with Crippen molar-refractivity contribution in [2.45, 2.75) is 25.7 Å². The summed E-state index contributed by atoms with van der Waals surface area (Å²) in [4.78, 5) is 9.66. The number of fused-ring (bicyclic) bond motifs is 8. The highest BCUT2D eigenvalue weighted by molar-refractivity contribution is 6.15. The van der Waals surface area contributed by atoms with Crippen molar-refractivity contribution in [3.63, 3.8) is 0 Å². The zero-order valence-corrected chi connectivity index (χ0v) is 23.0. The molecule has 2 aliphatic carbocycles. The average Bonchev–Trinajstić information content (AvgIpc) is 3.57. The molecule has 0 unspecified atom stereocenters. The van der Waals surface area contributed by atoms with Gasteiger partial charge in [0.2, 0.25) is 0 Å². The van der Waals surface area contributed by atoms with Crippen LogP contribution in [0.5, 0.6) is 0 Å². The van der Waals surface area contributed by atoms with Gasteiger partial charge in [-0.3, -0.25) is 9.13 Å². The Hall–Kier alpha value is -5.22. The molecule has 0 N–H and O–H groups in total. The molecule has 2 aliphatic rings. The molecule has 4 nitrogen and oxygen atoms in total. The highest BCUT2D eigenvalue weighted by Crippen LogP contribution is 2.50. The van der Waals surface area contributed by atoms with Crippen molar-refractivity contribution in [2.24, 2.45) is 0 Å². The molecule has 0 saturated heterocycles. The predicted molar refractivity (Wildman–Crippen MR) is 171 cm³/mol. The van der Waals surface area contributed by atoms with Crippen molar-refractivity contribution in [2.75, 3.05) is 0 Å². The number of aromatic nitrogens is 4. The van der Waals surface area contributed by atoms with Gasteiger partial charge in [0, 0.05) is 33.9 Å². The van der Waals surface area contributed by atoms with Crippen molar-refractivity contribution < 1.29 is 0 Å². The molecule has 0 saturated carbocycles. The maximum atomic E-state index is 4.83. The Balaban J connectivity index is 1.37. The highest BCUT2D eigenvalue weighted by Gasteiger charge is 2.32. The molecule has 42 heavy (non-hydrogen) atoms. The third-order valence-corrected chi connectivity index (χ3v) is 9.58. The SMILES string of the molecule is c1ccc(-n2c3ccccc3c3cc4c5c(c32)CCc2cc3c6ccccc6n(-c6ccccn6)c3c(c2-5)CC4)nc1. The summed E-state index contributed by atoms with van der Waals surface area (Å²) in [6, 6.07) is 35.1. The zero-order chi connectivity index (χ0) is 27.4. The van der Waals surface area contributed by atoms with E-state index in [1.807, 2.05) is 24.5 Å². The van der Waals surface area contributed by atoms with Crippen LogP contribution in [0, 0.1) is 0 Å². The molecule has 4 aromatic carbocycles. The maximum Gasteiger partial charge on any atom is 0.137 e. The number of nitrogens with zero attached hydrogens (tertiary/aromatic N) is 4. The summed E-state index contributed by atoms with van der Waals surface area (Å²) in [5, 5.41) is 5.31. The molecule has 0 amide bonds. The monoisotopic (exact) mass is 538 g/mol. The van der Waals surface area contributed by atoms with Crippen molar-refractivity contribution in [1.82, 2.24) is 19.1 Å². The first-order valence-corrected chi connectivity index (χ1v) is 14.9. The van der Waals surface area contributed by atoms with Crippen LogP contribution in [0.3, 0.4) is 0 Å². The highest BCUT2D eigenvalue weighted by atomic mass is 15.1. The lowest BCUT2D eigenvalue weighted by Gasteiger charge is -2.31. The van der Waals surface area contributed by atoms with E-state index in [4.69, 9.17) is 9.97 Å². The van der Waals surface area contributed by atoms with E-state index in [9.17, 15) is 0 Å². The Bertz CT molecular complexity index is 2220. The largest absolute Gasteiger partial charge is 0.293 e. The van der Waals surface area contributed by atoms with E-state index in [0.717, 1.165) is 37.3 Å². The molecule has 0 atom stereocenters. The van der Waals surface area contributed by atoms with E-state index < -0.39 is 0 Å². The van der Waals surface area contributed by atoms with E-state index in [0.29, 0.717) is 0 Å². The lowest BCUT2D eigenvalue weighted by Crippen LogP contribution is -2.16. The Morgan fingerprint density at radius 2 is 0.905 bits per heavy atom. The van der Waals surface area contributed by atoms with Gasteiger partial charge in [-0.25, -0.2) is 9.97 Å². The minimum absolute atomic E-state index is 0.979. The Kier molecular flexibility index (Phi) is 4.37. The molecular weight excluding hydrogens is 512 g/mol. The number of pyridine rings is 2. The second-order valence-electron chi connectivity index (χ2n) is 11.7. The molecule has 4 aromatic heterocycles. The van der Waals surface area contributed by atoms with Gasteiger partial charge in [0.05, 0.1) is 22.1 Å². The molecule has 0 spiro atoms. The molecule has 198 valence electrons. The second kappa shape index (κ2) is 8.17. The van der Waals surface area contributed by atoms with Crippen molar-refractivity contribution >= 4 is 43.6 Å². The fourth-order valence-corrected chi connectivity index (χ4v) is 8.01. The van der Waals surface area contributed by atoms with Gasteiger partial charge in [0.15, 0.2) is 0 Å². The molecule has 4 heteroatoms. The molecular formula is C38H26N4. The Morgan fingerprint density at radius 1 is 0.452 bits per heavy atom. The minimum Gasteiger partial charge on any atom is -0.293 e. The first kappa shape index (κ1) is 22.5. The van der Waals surface area contributed by atoms with Crippen LogP contribution in [0.1, 0.15) is 22.3 Å². The average molecular weight is 539 g/mol. The number of hydrogen-bond acceptors (Lipinski definition) is 2. The maximum absolute atomic E-state index is 4.83. The van der Waals surface area contributed by atoms with E-state index in [2.05, 4.69) is 94.1 Å². The van der Waals surface area contributed by atoms with E-state index in [1.54, 1.807) is 0 Å². The van der Waals surface area contributed by atoms with Gasteiger partial charge in [-0.2, -0.15) is 0 Å². The van der Waals surface area contributed by atoms with Crippen LogP contribution in [0.2, 0.25) is 0 Å². The van der Waals surface area contributed by atoms with Gasteiger partial charge >= 0.3 is 0 Å². The second-order valence-corrected chi connectivity index (χ2v) is 11.7. The number of hydrogen-bond donors (Lipinski definition) is 0. The van der Waals surface area contributed by atoms with Gasteiger partial charge in [-0.15, -0.1) is 0 Å². The summed E-state index contributed by atoms with van der Waals surface area (Å²) in [6.07, 6.45) is 7.94. The first-order chi connectivity index (χ1) is 20.9. The standard InChI is InChI=1S/C38H26N4/c1-3-11-31-25(9-1)29-21-23-15-18-28-36-24(16-17-27(35(23)36)37(29)41(31)33-13-5-7-19-39-33)22-30-26-10-2-4-12-32(26)42(38(28)30)34-14-6-8-20-40-34/h1-14,19-22H,15-18H2. The van der Waals surface area contributed by atoms with Gasteiger partial charge < -0.3 is 0 Å². The normalized spacial score (nSPS) is 13.8. The molecule has 0 radical (unpaired) electrons. The van der Waals surface area contributed by atoms with Crippen LogP contribution in [0.25, 0.3) is 66.4 Å².